The quantitative estimate of drug-likeness (QED) is 0.537. The van der Waals surface area contributed by atoms with Gasteiger partial charge in [0.25, 0.3) is 0 Å². The molecule has 8 rings (SSSR count). The third-order valence-corrected chi connectivity index (χ3v) is 6.39. The van der Waals surface area contributed by atoms with Gasteiger partial charge in [0.15, 0.2) is 0 Å². The molecule has 1 fully saturated rings. The Morgan fingerprint density at radius 2 is 1.62 bits per heavy atom. The highest BCUT2D eigenvalue weighted by Gasteiger charge is 2.19. The summed E-state index contributed by atoms with van der Waals surface area (Å²) in [5, 5.41) is 6.51. The van der Waals surface area contributed by atoms with Gasteiger partial charge in [-0.05, 0) is 48.2 Å². The molecule has 8 bridgehead atoms. The molecule has 1 aromatic carbocycles. The van der Waals surface area contributed by atoms with Crippen LogP contribution in [-0.4, -0.2) is 69.9 Å². The minimum absolute atomic E-state index is 0.113. The normalized spacial score (nSPS) is 21.5. The maximum atomic E-state index is 12.3. The summed E-state index contributed by atoms with van der Waals surface area (Å²) in [6.45, 7) is 5.82. The Morgan fingerprint density at radius 3 is 2.44 bits per heavy atom. The van der Waals surface area contributed by atoms with E-state index >= 15 is 0 Å². The molecule has 3 aromatic rings. The van der Waals surface area contributed by atoms with Crippen molar-refractivity contribution in [2.75, 3.05) is 44.6 Å². The van der Waals surface area contributed by atoms with Gasteiger partial charge in [-0.25, -0.2) is 15.0 Å². The number of aryl methyl sites for hydroxylation is 1. The zero-order valence-electron chi connectivity index (χ0n) is 19.4. The molecule has 1 amide bonds. The topological polar surface area (TPSA) is 86.3 Å². The van der Waals surface area contributed by atoms with E-state index in [0.717, 1.165) is 80.4 Å². The van der Waals surface area contributed by atoms with Crippen LogP contribution in [0, 0.1) is 0 Å². The number of carbonyl (C=O) groups excluding carboxylic acids is 1. The lowest BCUT2D eigenvalue weighted by Crippen LogP contribution is -2.49. The zero-order chi connectivity index (χ0) is 23.2. The number of hydrogen-bond donors (Lipinski definition) is 2. The summed E-state index contributed by atoms with van der Waals surface area (Å²) >= 11 is 0. The number of carbonyl (C=O) groups is 1. The highest BCUT2D eigenvalue weighted by Crippen LogP contribution is 2.23. The van der Waals surface area contributed by atoms with Crippen LogP contribution in [0.3, 0.4) is 0 Å². The van der Waals surface area contributed by atoms with Gasteiger partial charge in [0.05, 0.1) is 6.54 Å². The number of piperazine rings is 1. The zero-order valence-corrected chi connectivity index (χ0v) is 19.4. The van der Waals surface area contributed by atoms with Gasteiger partial charge in [-0.1, -0.05) is 12.1 Å². The van der Waals surface area contributed by atoms with Crippen LogP contribution >= 0.6 is 0 Å². The first-order chi connectivity index (χ1) is 16.7. The van der Waals surface area contributed by atoms with Crippen LogP contribution in [0.1, 0.15) is 24.2 Å². The van der Waals surface area contributed by atoms with Gasteiger partial charge in [-0.2, -0.15) is 0 Å². The van der Waals surface area contributed by atoms with Crippen molar-refractivity contribution in [3.8, 4) is 11.1 Å². The molecule has 7 heterocycles. The van der Waals surface area contributed by atoms with Gasteiger partial charge in [0.2, 0.25) is 5.91 Å². The molecule has 8 nitrogen and oxygen atoms in total. The second-order valence-electron chi connectivity index (χ2n) is 9.00. The average molecular weight is 458 g/mol. The van der Waals surface area contributed by atoms with Crippen LogP contribution in [0.15, 0.2) is 55.0 Å². The SMILES string of the molecule is O=C1CN2CCN(CC2)Cc2cccc(c2)Nc2cc(ccn2)-c2cnc(nc2)CCCCN1. The van der Waals surface area contributed by atoms with E-state index in [9.17, 15) is 4.79 Å². The molecule has 176 valence electrons. The number of aromatic nitrogens is 3. The smallest absolute Gasteiger partial charge is 0.234 e. The van der Waals surface area contributed by atoms with E-state index in [4.69, 9.17) is 0 Å². The monoisotopic (exact) mass is 457 g/mol. The molecule has 1 saturated heterocycles. The van der Waals surface area contributed by atoms with Crippen LogP contribution in [-0.2, 0) is 17.8 Å². The highest BCUT2D eigenvalue weighted by molar-refractivity contribution is 5.78. The minimum atomic E-state index is 0.113. The summed E-state index contributed by atoms with van der Waals surface area (Å²) in [6, 6.07) is 12.5. The van der Waals surface area contributed by atoms with Gasteiger partial charge >= 0.3 is 0 Å². The molecular formula is C26H31N7O. The maximum absolute atomic E-state index is 12.3. The predicted molar refractivity (Wildman–Crippen MR) is 133 cm³/mol. The summed E-state index contributed by atoms with van der Waals surface area (Å²) < 4.78 is 0. The first-order valence-electron chi connectivity index (χ1n) is 12.1. The molecule has 2 aromatic heterocycles. The first kappa shape index (κ1) is 22.4. The van der Waals surface area contributed by atoms with Crippen LogP contribution in [0.2, 0.25) is 0 Å². The largest absolute Gasteiger partial charge is 0.355 e. The van der Waals surface area contributed by atoms with Gasteiger partial charge in [0, 0.05) is 75.5 Å². The number of amides is 1. The fourth-order valence-corrected chi connectivity index (χ4v) is 4.47. The average Bonchev–Trinajstić information content (AvgIpc) is 2.85. The molecule has 8 heteroatoms. The van der Waals surface area contributed by atoms with E-state index in [-0.39, 0.29) is 5.91 Å². The summed E-state index contributed by atoms with van der Waals surface area (Å²) in [4.78, 5) is 30.6. The van der Waals surface area contributed by atoms with Gasteiger partial charge < -0.3 is 10.6 Å². The van der Waals surface area contributed by atoms with Crippen molar-refractivity contribution in [3.05, 3.63) is 66.4 Å². The Kier molecular flexibility index (Phi) is 7.07. The van der Waals surface area contributed by atoms with E-state index < -0.39 is 0 Å². The standard InChI is InChI=1S/C26H31N7O/c34-26-19-33-12-10-32(11-13-33)18-20-4-3-5-23(14-20)31-25-15-21(7-9-27-25)22-16-29-24(30-17-22)6-1-2-8-28-26/h3-5,7,9,14-17H,1-2,6,8,10-13,18-19H2,(H,27,31)(H,28,34). The van der Waals surface area contributed by atoms with Crippen molar-refractivity contribution >= 4 is 17.4 Å². The molecule has 0 saturated carbocycles. The Labute approximate surface area is 200 Å². The predicted octanol–water partition coefficient (Wildman–Crippen LogP) is 2.85. The van der Waals surface area contributed by atoms with E-state index in [2.05, 4.69) is 59.7 Å². The van der Waals surface area contributed by atoms with Crippen LogP contribution in [0.4, 0.5) is 11.5 Å². The number of anilines is 2. The second kappa shape index (κ2) is 10.7. The molecular weight excluding hydrogens is 426 g/mol. The summed E-state index contributed by atoms with van der Waals surface area (Å²) in [5.41, 5.74) is 4.27. The Bertz CT molecular complexity index is 1110. The van der Waals surface area contributed by atoms with E-state index in [1.165, 1.54) is 5.56 Å². The van der Waals surface area contributed by atoms with Gasteiger partial charge in [-0.15, -0.1) is 0 Å². The van der Waals surface area contributed by atoms with Crippen molar-refractivity contribution in [1.29, 1.82) is 0 Å². The lowest BCUT2D eigenvalue weighted by Gasteiger charge is -2.34. The molecule has 5 aliphatic rings. The van der Waals surface area contributed by atoms with E-state index in [0.29, 0.717) is 13.1 Å². The van der Waals surface area contributed by atoms with Crippen LogP contribution in [0.25, 0.3) is 11.1 Å². The third kappa shape index (κ3) is 5.95. The van der Waals surface area contributed by atoms with Crippen molar-refractivity contribution in [2.24, 2.45) is 0 Å². The fraction of sp³-hybridized carbons (Fsp3) is 0.385. The number of hydrogen-bond acceptors (Lipinski definition) is 7. The molecule has 0 spiro atoms. The summed E-state index contributed by atoms with van der Waals surface area (Å²) in [5.74, 6) is 1.74. The molecule has 0 aliphatic carbocycles. The highest BCUT2D eigenvalue weighted by atomic mass is 16.2. The molecule has 0 unspecified atom stereocenters. The Balaban J connectivity index is 1.35. The summed E-state index contributed by atoms with van der Waals surface area (Å²) in [6.07, 6.45) is 8.22. The van der Waals surface area contributed by atoms with Gasteiger partial charge in [-0.3, -0.25) is 14.6 Å². The summed E-state index contributed by atoms with van der Waals surface area (Å²) in [7, 11) is 0. The maximum Gasteiger partial charge on any atom is 0.234 e. The van der Waals surface area contributed by atoms with Crippen LogP contribution < -0.4 is 10.6 Å². The Morgan fingerprint density at radius 1 is 0.824 bits per heavy atom. The van der Waals surface area contributed by atoms with Crippen molar-refractivity contribution in [1.82, 2.24) is 30.1 Å². The first-order valence-corrected chi connectivity index (χ1v) is 12.1. The number of pyridine rings is 1. The number of rotatable bonds is 0. The van der Waals surface area contributed by atoms with Gasteiger partial charge in [0.1, 0.15) is 11.6 Å². The third-order valence-electron chi connectivity index (χ3n) is 6.39. The molecule has 0 radical (unpaired) electrons. The fourth-order valence-electron chi connectivity index (χ4n) is 4.47. The number of nitrogens with zero attached hydrogens (tertiary/aromatic N) is 5. The van der Waals surface area contributed by atoms with E-state index in [1.54, 1.807) is 0 Å². The van der Waals surface area contributed by atoms with E-state index in [1.807, 2.05) is 30.7 Å². The molecule has 34 heavy (non-hydrogen) atoms. The molecule has 2 N–H and O–H groups in total. The van der Waals surface area contributed by atoms with Crippen molar-refractivity contribution < 1.29 is 4.79 Å². The minimum Gasteiger partial charge on any atom is -0.355 e. The lowest BCUT2D eigenvalue weighted by molar-refractivity contribution is -0.122. The number of nitrogens with one attached hydrogen (secondary N) is 2. The Hall–Kier alpha value is -3.36. The number of benzene rings is 1. The second-order valence-corrected chi connectivity index (χ2v) is 9.00. The van der Waals surface area contributed by atoms with Crippen molar-refractivity contribution in [2.45, 2.75) is 25.8 Å². The lowest BCUT2D eigenvalue weighted by atomic mass is 10.1. The van der Waals surface area contributed by atoms with Crippen LogP contribution in [0.5, 0.6) is 0 Å². The molecule has 0 atom stereocenters. The molecule has 5 aliphatic heterocycles. The van der Waals surface area contributed by atoms with Crippen molar-refractivity contribution in [3.63, 3.8) is 0 Å².